The van der Waals surface area contributed by atoms with E-state index >= 15 is 0 Å². The minimum absolute atomic E-state index is 0.0367. The number of sulfonamides is 1. The number of halogens is 3. The highest BCUT2D eigenvalue weighted by molar-refractivity contribution is 7.89. The zero-order valence-corrected chi connectivity index (χ0v) is 17.0. The lowest BCUT2D eigenvalue weighted by Crippen LogP contribution is -2.48. The Kier molecular flexibility index (Phi) is 7.14. The summed E-state index contributed by atoms with van der Waals surface area (Å²) in [6.07, 6.45) is 0.172. The van der Waals surface area contributed by atoms with Crippen molar-refractivity contribution in [2.24, 2.45) is 11.7 Å². The lowest BCUT2D eigenvalue weighted by atomic mass is 10.0. The number of carbonyl (C=O) groups is 1. The largest absolute Gasteiger partial charge is 0.368 e. The number of benzene rings is 2. The van der Waals surface area contributed by atoms with Gasteiger partial charge in [0, 0.05) is 11.6 Å². The fourth-order valence-corrected chi connectivity index (χ4v) is 4.47. The van der Waals surface area contributed by atoms with Crippen molar-refractivity contribution < 1.29 is 22.0 Å². The van der Waals surface area contributed by atoms with Gasteiger partial charge in [-0.2, -0.15) is 4.31 Å². The van der Waals surface area contributed by atoms with Crippen molar-refractivity contribution in [1.82, 2.24) is 4.31 Å². The van der Waals surface area contributed by atoms with Crippen LogP contribution in [0.3, 0.4) is 0 Å². The molecule has 0 saturated carbocycles. The van der Waals surface area contributed by atoms with Crippen LogP contribution in [-0.2, 0) is 21.4 Å². The van der Waals surface area contributed by atoms with Crippen molar-refractivity contribution in [3.05, 3.63) is 64.7 Å². The van der Waals surface area contributed by atoms with E-state index in [2.05, 4.69) is 0 Å². The Hall–Kier alpha value is -2.03. The molecule has 2 N–H and O–H groups in total. The highest BCUT2D eigenvalue weighted by atomic mass is 35.5. The number of nitrogens with two attached hydrogens (primary N) is 1. The van der Waals surface area contributed by atoms with Crippen LogP contribution in [0.15, 0.2) is 47.4 Å². The van der Waals surface area contributed by atoms with Gasteiger partial charge in [0.05, 0.1) is 4.90 Å². The summed E-state index contributed by atoms with van der Waals surface area (Å²) in [5.41, 5.74) is 5.68. The van der Waals surface area contributed by atoms with E-state index in [1.54, 1.807) is 0 Å². The summed E-state index contributed by atoms with van der Waals surface area (Å²) in [6, 6.07) is 7.33. The molecule has 0 saturated heterocycles. The first kappa shape index (κ1) is 22.3. The van der Waals surface area contributed by atoms with Crippen molar-refractivity contribution in [3.63, 3.8) is 0 Å². The van der Waals surface area contributed by atoms with Gasteiger partial charge in [-0.05, 0) is 54.3 Å². The standard InChI is InChI=1S/C19H21ClF2N2O3S/c1-12(2)9-18(19(23)25)24(11-13-3-8-16(21)17(22)10-13)28(26,27)15-6-4-14(20)5-7-15/h3-8,10,12,18H,9,11H2,1-2H3,(H2,23,25)/t18-/m1/s1. The molecule has 5 nitrogen and oxygen atoms in total. The third-order valence-electron chi connectivity index (χ3n) is 4.11. The van der Waals surface area contributed by atoms with Crippen molar-refractivity contribution in [3.8, 4) is 0 Å². The first-order valence-corrected chi connectivity index (χ1v) is 10.3. The molecule has 2 aromatic carbocycles. The van der Waals surface area contributed by atoms with Gasteiger partial charge in [0.15, 0.2) is 11.6 Å². The predicted octanol–water partition coefficient (Wildman–Crippen LogP) is 3.71. The van der Waals surface area contributed by atoms with Gasteiger partial charge in [0.2, 0.25) is 15.9 Å². The van der Waals surface area contributed by atoms with Crippen LogP contribution >= 0.6 is 11.6 Å². The van der Waals surface area contributed by atoms with Gasteiger partial charge in [0.25, 0.3) is 0 Å². The molecule has 2 aromatic rings. The number of rotatable bonds is 8. The fraction of sp³-hybridized carbons (Fsp3) is 0.316. The maximum atomic E-state index is 13.6. The van der Waals surface area contributed by atoms with E-state index < -0.39 is 33.6 Å². The van der Waals surface area contributed by atoms with Crippen molar-refractivity contribution in [2.45, 2.75) is 37.8 Å². The molecule has 0 heterocycles. The number of nitrogens with zero attached hydrogens (tertiary/aromatic N) is 1. The van der Waals surface area contributed by atoms with Crippen molar-refractivity contribution in [2.75, 3.05) is 0 Å². The Balaban J connectivity index is 2.54. The molecule has 152 valence electrons. The number of carbonyl (C=O) groups excluding carboxylic acids is 1. The highest BCUT2D eigenvalue weighted by Gasteiger charge is 2.35. The summed E-state index contributed by atoms with van der Waals surface area (Å²) < 4.78 is 54.2. The summed E-state index contributed by atoms with van der Waals surface area (Å²) >= 11 is 5.83. The van der Waals surface area contributed by atoms with Crippen LogP contribution in [0.5, 0.6) is 0 Å². The first-order valence-electron chi connectivity index (χ1n) is 8.53. The molecule has 0 spiro atoms. The molecule has 0 fully saturated rings. The van der Waals surface area contributed by atoms with Gasteiger partial charge in [-0.3, -0.25) is 4.79 Å². The average Bonchev–Trinajstić information content (AvgIpc) is 2.60. The molecule has 0 aromatic heterocycles. The molecule has 0 bridgehead atoms. The van der Waals surface area contributed by atoms with E-state index in [-0.39, 0.29) is 29.3 Å². The molecule has 0 unspecified atom stereocenters. The van der Waals surface area contributed by atoms with E-state index in [0.717, 1.165) is 16.4 Å². The number of hydrogen-bond donors (Lipinski definition) is 1. The van der Waals surface area contributed by atoms with Crippen LogP contribution in [0.25, 0.3) is 0 Å². The van der Waals surface area contributed by atoms with Gasteiger partial charge in [0.1, 0.15) is 6.04 Å². The van der Waals surface area contributed by atoms with E-state index in [4.69, 9.17) is 17.3 Å². The average molecular weight is 431 g/mol. The SMILES string of the molecule is CC(C)C[C@H](C(N)=O)N(Cc1ccc(F)c(F)c1)S(=O)(=O)c1ccc(Cl)cc1. The summed E-state index contributed by atoms with van der Waals surface area (Å²) in [6.45, 7) is 3.30. The zero-order chi connectivity index (χ0) is 21.1. The third kappa shape index (κ3) is 5.27. The van der Waals surface area contributed by atoms with Crippen molar-refractivity contribution >= 4 is 27.5 Å². The van der Waals surface area contributed by atoms with Crippen LogP contribution in [0.4, 0.5) is 8.78 Å². The molecule has 0 radical (unpaired) electrons. The molecule has 9 heteroatoms. The summed E-state index contributed by atoms with van der Waals surface area (Å²) in [4.78, 5) is 12.0. The summed E-state index contributed by atoms with van der Waals surface area (Å²) in [5, 5.41) is 0.347. The van der Waals surface area contributed by atoms with Crippen LogP contribution in [-0.4, -0.2) is 24.7 Å². The molecule has 28 heavy (non-hydrogen) atoms. The Morgan fingerprint density at radius 1 is 1.11 bits per heavy atom. The van der Waals surface area contributed by atoms with Crippen LogP contribution < -0.4 is 5.73 Å². The number of amides is 1. The van der Waals surface area contributed by atoms with Gasteiger partial charge in [-0.15, -0.1) is 0 Å². The lowest BCUT2D eigenvalue weighted by Gasteiger charge is -2.30. The van der Waals surface area contributed by atoms with Crippen LogP contribution in [0.2, 0.25) is 5.02 Å². The van der Waals surface area contributed by atoms with Gasteiger partial charge < -0.3 is 5.73 Å². The fourth-order valence-electron chi connectivity index (χ4n) is 2.74. The van der Waals surface area contributed by atoms with Crippen LogP contribution in [0, 0.1) is 17.6 Å². The molecule has 0 aliphatic heterocycles. The topological polar surface area (TPSA) is 80.5 Å². The highest BCUT2D eigenvalue weighted by Crippen LogP contribution is 2.26. The normalized spacial score (nSPS) is 13.1. The predicted molar refractivity (Wildman–Crippen MR) is 103 cm³/mol. The molecule has 1 amide bonds. The molecule has 0 aliphatic rings. The minimum Gasteiger partial charge on any atom is -0.368 e. The Labute approximate surface area is 168 Å². The van der Waals surface area contributed by atoms with Crippen LogP contribution in [0.1, 0.15) is 25.8 Å². The molecule has 2 rings (SSSR count). The Bertz CT molecular complexity index is 950. The van der Waals surface area contributed by atoms with Gasteiger partial charge >= 0.3 is 0 Å². The second-order valence-electron chi connectivity index (χ2n) is 6.80. The van der Waals surface area contributed by atoms with Crippen molar-refractivity contribution in [1.29, 1.82) is 0 Å². The lowest BCUT2D eigenvalue weighted by molar-refractivity contribution is -0.122. The van der Waals surface area contributed by atoms with E-state index in [1.807, 2.05) is 13.8 Å². The van der Waals surface area contributed by atoms with Gasteiger partial charge in [-0.1, -0.05) is 31.5 Å². The first-order chi connectivity index (χ1) is 13.0. The third-order valence-corrected chi connectivity index (χ3v) is 6.23. The number of primary amides is 1. The van der Waals surface area contributed by atoms with Gasteiger partial charge in [-0.25, -0.2) is 17.2 Å². The zero-order valence-electron chi connectivity index (χ0n) is 15.4. The quantitative estimate of drug-likeness (QED) is 0.693. The Morgan fingerprint density at radius 2 is 1.71 bits per heavy atom. The molecular weight excluding hydrogens is 410 g/mol. The molecule has 0 aliphatic carbocycles. The smallest absolute Gasteiger partial charge is 0.244 e. The van der Waals surface area contributed by atoms with E-state index in [1.165, 1.54) is 30.3 Å². The maximum absolute atomic E-state index is 13.6. The molecule has 1 atom stereocenters. The maximum Gasteiger partial charge on any atom is 0.244 e. The summed E-state index contributed by atoms with van der Waals surface area (Å²) in [5.74, 6) is -3.02. The van der Waals surface area contributed by atoms with E-state index in [0.29, 0.717) is 5.02 Å². The second kappa shape index (κ2) is 8.98. The van der Waals surface area contributed by atoms with E-state index in [9.17, 15) is 22.0 Å². The number of hydrogen-bond acceptors (Lipinski definition) is 3. The Morgan fingerprint density at radius 3 is 2.21 bits per heavy atom. The monoisotopic (exact) mass is 430 g/mol. The minimum atomic E-state index is -4.17. The second-order valence-corrected chi connectivity index (χ2v) is 9.13. The molecular formula is C19H21ClF2N2O3S. The summed E-state index contributed by atoms with van der Waals surface area (Å²) in [7, 11) is -4.17.